The van der Waals surface area contributed by atoms with Crippen LogP contribution in [0.25, 0.3) is 0 Å². The van der Waals surface area contributed by atoms with Gasteiger partial charge in [0.25, 0.3) is 0 Å². The number of anilines is 1. The first-order valence-corrected chi connectivity index (χ1v) is 4.63. The van der Waals surface area contributed by atoms with Crippen LogP contribution in [-0.2, 0) is 0 Å². The van der Waals surface area contributed by atoms with Crippen molar-refractivity contribution in [1.82, 2.24) is 5.43 Å². The first kappa shape index (κ1) is 11.6. The average Bonchev–Trinajstić information content (AvgIpc) is 2.26. The molecule has 0 saturated heterocycles. The topological polar surface area (TPSA) is 68.5 Å². The van der Waals surface area contributed by atoms with E-state index in [9.17, 15) is 0 Å². The third-order valence-electron chi connectivity index (χ3n) is 2.10. The molecule has 4 N–H and O–H groups in total. The number of hydrogen-bond donors (Lipinski definition) is 3. The van der Waals surface area contributed by atoms with E-state index in [0.29, 0.717) is 6.67 Å². The molecule has 0 saturated carbocycles. The maximum absolute atomic E-state index is 5.24. The lowest BCUT2D eigenvalue weighted by atomic mass is 10.2. The fourth-order valence-corrected chi connectivity index (χ4v) is 1.33. The molecule has 1 aromatic rings. The van der Waals surface area contributed by atoms with Crippen molar-refractivity contribution in [2.45, 2.75) is 6.92 Å². The molecule has 84 valence electrons. The smallest absolute Gasteiger partial charge is 0.142 e. The third-order valence-corrected chi connectivity index (χ3v) is 2.10. The molecule has 0 radical (unpaired) electrons. The lowest BCUT2D eigenvalue weighted by Gasteiger charge is -2.14. The molecule has 15 heavy (non-hydrogen) atoms. The molecule has 0 heterocycles. The number of ether oxygens (including phenoxy) is 2. The van der Waals surface area contributed by atoms with Crippen LogP contribution in [0.3, 0.4) is 0 Å². The summed E-state index contributed by atoms with van der Waals surface area (Å²) in [5.41, 5.74) is 4.39. The first-order valence-electron chi connectivity index (χ1n) is 4.63. The summed E-state index contributed by atoms with van der Waals surface area (Å²) >= 11 is 0. The molecule has 5 nitrogen and oxygen atoms in total. The average molecular weight is 211 g/mol. The Bertz CT molecular complexity index is 329. The Morgan fingerprint density at radius 3 is 2.40 bits per heavy atom. The van der Waals surface area contributed by atoms with Gasteiger partial charge in [0.1, 0.15) is 11.5 Å². The van der Waals surface area contributed by atoms with E-state index in [1.54, 1.807) is 14.2 Å². The highest BCUT2D eigenvalue weighted by atomic mass is 16.5. The maximum Gasteiger partial charge on any atom is 0.142 e. The second-order valence-corrected chi connectivity index (χ2v) is 3.08. The van der Waals surface area contributed by atoms with Gasteiger partial charge in [-0.25, -0.2) is 5.43 Å². The zero-order valence-corrected chi connectivity index (χ0v) is 9.26. The minimum absolute atomic E-state index is 0.461. The second-order valence-electron chi connectivity index (χ2n) is 3.08. The van der Waals surface area contributed by atoms with Crippen LogP contribution >= 0.6 is 0 Å². The Labute approximate surface area is 89.5 Å². The molecular formula is C10H17N3O2. The largest absolute Gasteiger partial charge is 0.496 e. The molecule has 0 atom stereocenters. The third kappa shape index (κ3) is 2.74. The van der Waals surface area contributed by atoms with Gasteiger partial charge in [-0.2, -0.15) is 0 Å². The molecule has 0 aliphatic carbocycles. The van der Waals surface area contributed by atoms with E-state index in [4.69, 9.17) is 15.3 Å². The zero-order valence-electron chi connectivity index (χ0n) is 9.26. The van der Waals surface area contributed by atoms with Crippen LogP contribution in [0.5, 0.6) is 11.5 Å². The number of rotatable bonds is 5. The van der Waals surface area contributed by atoms with E-state index in [2.05, 4.69) is 10.7 Å². The molecule has 0 fully saturated rings. The molecule has 0 aromatic heterocycles. The van der Waals surface area contributed by atoms with Crippen LogP contribution < -0.4 is 26.1 Å². The van der Waals surface area contributed by atoms with E-state index in [1.165, 1.54) is 0 Å². The second kappa shape index (κ2) is 5.43. The monoisotopic (exact) mass is 211 g/mol. The number of benzene rings is 1. The Balaban J connectivity index is 2.99. The molecular weight excluding hydrogens is 194 g/mol. The summed E-state index contributed by atoms with van der Waals surface area (Å²) in [6, 6.07) is 3.79. The minimum Gasteiger partial charge on any atom is -0.496 e. The maximum atomic E-state index is 5.24. The molecule has 0 aliphatic rings. The molecule has 0 amide bonds. The van der Waals surface area contributed by atoms with Crippen LogP contribution in [0.4, 0.5) is 5.69 Å². The lowest BCUT2D eigenvalue weighted by molar-refractivity contribution is 0.401. The normalized spacial score (nSPS) is 9.87. The molecule has 0 bridgehead atoms. The van der Waals surface area contributed by atoms with Crippen molar-refractivity contribution in [1.29, 1.82) is 0 Å². The van der Waals surface area contributed by atoms with Gasteiger partial charge in [0, 0.05) is 6.07 Å². The molecule has 1 aromatic carbocycles. The van der Waals surface area contributed by atoms with Crippen LogP contribution in [0.2, 0.25) is 0 Å². The van der Waals surface area contributed by atoms with Crippen LogP contribution in [0.15, 0.2) is 12.1 Å². The van der Waals surface area contributed by atoms with Crippen molar-refractivity contribution in [3.63, 3.8) is 0 Å². The Morgan fingerprint density at radius 2 is 1.87 bits per heavy atom. The van der Waals surface area contributed by atoms with Gasteiger partial charge < -0.3 is 14.8 Å². The predicted molar refractivity (Wildman–Crippen MR) is 60.1 cm³/mol. The van der Waals surface area contributed by atoms with Gasteiger partial charge in [0.05, 0.1) is 26.6 Å². The lowest BCUT2D eigenvalue weighted by Crippen LogP contribution is -2.28. The highest BCUT2D eigenvalue weighted by Crippen LogP contribution is 2.31. The Kier molecular flexibility index (Phi) is 4.20. The van der Waals surface area contributed by atoms with E-state index in [-0.39, 0.29) is 0 Å². The van der Waals surface area contributed by atoms with Gasteiger partial charge >= 0.3 is 0 Å². The molecule has 0 aliphatic heterocycles. The number of nitrogens with two attached hydrogens (primary N) is 1. The van der Waals surface area contributed by atoms with Crippen molar-refractivity contribution < 1.29 is 9.47 Å². The van der Waals surface area contributed by atoms with E-state index < -0.39 is 0 Å². The number of hydrazine groups is 1. The van der Waals surface area contributed by atoms with Crippen LogP contribution in [-0.4, -0.2) is 20.9 Å². The van der Waals surface area contributed by atoms with E-state index >= 15 is 0 Å². The number of methoxy groups -OCH3 is 2. The van der Waals surface area contributed by atoms with Gasteiger partial charge in [0.15, 0.2) is 0 Å². The van der Waals surface area contributed by atoms with E-state index in [1.807, 2.05) is 19.1 Å². The molecule has 5 heteroatoms. The van der Waals surface area contributed by atoms with Gasteiger partial charge in [-0.15, -0.1) is 0 Å². The quantitative estimate of drug-likeness (QED) is 0.382. The van der Waals surface area contributed by atoms with E-state index in [0.717, 1.165) is 22.7 Å². The fraction of sp³-hybridized carbons (Fsp3) is 0.400. The first-order chi connectivity index (χ1) is 7.22. The van der Waals surface area contributed by atoms with Crippen molar-refractivity contribution in [2.24, 2.45) is 5.84 Å². The molecule has 1 rings (SSSR count). The SMILES string of the molecule is COc1cc(NCNN)c(OC)cc1C. The minimum atomic E-state index is 0.461. The summed E-state index contributed by atoms with van der Waals surface area (Å²) < 4.78 is 10.5. The fourth-order valence-electron chi connectivity index (χ4n) is 1.33. The molecule has 0 unspecified atom stereocenters. The van der Waals surface area contributed by atoms with Crippen molar-refractivity contribution in [3.8, 4) is 11.5 Å². The van der Waals surface area contributed by atoms with Gasteiger partial charge in [-0.05, 0) is 18.6 Å². The number of nitrogens with one attached hydrogen (secondary N) is 2. The van der Waals surface area contributed by atoms with Gasteiger partial charge in [-0.1, -0.05) is 0 Å². The molecule has 0 spiro atoms. The summed E-state index contributed by atoms with van der Waals surface area (Å²) in [6.45, 7) is 2.43. The highest BCUT2D eigenvalue weighted by Gasteiger charge is 2.07. The van der Waals surface area contributed by atoms with Gasteiger partial charge in [-0.3, -0.25) is 5.84 Å². The summed E-state index contributed by atoms with van der Waals surface area (Å²) in [7, 11) is 3.27. The van der Waals surface area contributed by atoms with Crippen molar-refractivity contribution in [2.75, 3.05) is 26.2 Å². The Hall–Kier alpha value is -1.46. The van der Waals surface area contributed by atoms with Crippen LogP contribution in [0, 0.1) is 6.92 Å². The number of aryl methyl sites for hydroxylation is 1. The summed E-state index contributed by atoms with van der Waals surface area (Å²) in [4.78, 5) is 0. The summed E-state index contributed by atoms with van der Waals surface area (Å²) in [6.07, 6.45) is 0. The highest BCUT2D eigenvalue weighted by molar-refractivity contribution is 5.62. The predicted octanol–water partition coefficient (Wildman–Crippen LogP) is 0.845. The van der Waals surface area contributed by atoms with Crippen LogP contribution in [0.1, 0.15) is 5.56 Å². The summed E-state index contributed by atoms with van der Waals surface area (Å²) in [5, 5.41) is 3.07. The Morgan fingerprint density at radius 1 is 1.20 bits per heavy atom. The standard InChI is InChI=1S/C10H17N3O2/c1-7-4-10(15-3)8(12-6-13-11)5-9(7)14-2/h4-5,12-13H,6,11H2,1-3H3. The zero-order chi connectivity index (χ0) is 11.3. The van der Waals surface area contributed by atoms with Crippen molar-refractivity contribution in [3.05, 3.63) is 17.7 Å². The van der Waals surface area contributed by atoms with Crippen molar-refractivity contribution >= 4 is 5.69 Å². The van der Waals surface area contributed by atoms with Gasteiger partial charge in [0.2, 0.25) is 0 Å². The number of hydrogen-bond acceptors (Lipinski definition) is 5. The summed E-state index contributed by atoms with van der Waals surface area (Å²) in [5.74, 6) is 6.77.